The van der Waals surface area contributed by atoms with Crippen LogP contribution in [0.25, 0.3) is 16.7 Å². The number of H-pyrrole nitrogens is 1. The monoisotopic (exact) mass is 605 g/mol. The number of carbonyl (C=O) groups is 1. The van der Waals surface area contributed by atoms with Gasteiger partial charge in [0.25, 0.3) is 11.5 Å². The third-order valence-electron chi connectivity index (χ3n) is 6.63. The highest BCUT2D eigenvalue weighted by Crippen LogP contribution is 2.34. The Kier molecular flexibility index (Phi) is 8.53. The molecule has 0 aliphatic carbocycles. The maximum atomic E-state index is 15.3. The molecule has 0 saturated carbocycles. The molecule has 5 aromatic rings. The second kappa shape index (κ2) is 12.5. The van der Waals surface area contributed by atoms with Crippen LogP contribution < -0.4 is 26.6 Å². The van der Waals surface area contributed by atoms with E-state index >= 15 is 4.39 Å². The molecular formula is C30H29F2N7O5. The minimum atomic E-state index is -0.914. The average Bonchev–Trinajstić information content (AvgIpc) is 3.38. The molecule has 0 aliphatic heterocycles. The molecule has 0 fully saturated rings. The molecule has 0 bridgehead atoms. The van der Waals surface area contributed by atoms with Crippen molar-refractivity contribution in [1.29, 1.82) is 0 Å². The van der Waals surface area contributed by atoms with Crippen LogP contribution in [0.3, 0.4) is 0 Å². The summed E-state index contributed by atoms with van der Waals surface area (Å²) in [5.41, 5.74) is -1.43. The van der Waals surface area contributed by atoms with E-state index in [9.17, 15) is 18.8 Å². The molecule has 228 valence electrons. The molecule has 3 N–H and O–H groups in total. The van der Waals surface area contributed by atoms with Gasteiger partial charge in [-0.2, -0.15) is 5.10 Å². The number of nitrogens with one attached hydrogen (secondary N) is 3. The number of benzene rings is 2. The Morgan fingerprint density at radius 3 is 2.48 bits per heavy atom. The van der Waals surface area contributed by atoms with Crippen LogP contribution in [0.1, 0.15) is 37.2 Å². The van der Waals surface area contributed by atoms with Crippen LogP contribution in [0.4, 0.5) is 20.3 Å². The van der Waals surface area contributed by atoms with Crippen LogP contribution in [0.5, 0.6) is 11.5 Å². The average molecular weight is 606 g/mol. The van der Waals surface area contributed by atoms with Gasteiger partial charge in [-0.1, -0.05) is 0 Å². The molecule has 1 amide bonds. The number of pyridine rings is 1. The van der Waals surface area contributed by atoms with Gasteiger partial charge in [-0.25, -0.2) is 23.1 Å². The van der Waals surface area contributed by atoms with Crippen molar-refractivity contribution < 1.29 is 23.0 Å². The van der Waals surface area contributed by atoms with Crippen LogP contribution in [0.15, 0.2) is 70.5 Å². The van der Waals surface area contributed by atoms with E-state index < -0.39 is 34.8 Å². The van der Waals surface area contributed by atoms with E-state index in [-0.39, 0.29) is 34.5 Å². The molecule has 0 saturated heterocycles. The number of fused-ring (bicyclic) bond motifs is 1. The third kappa shape index (κ3) is 6.06. The SMILES string of the molecule is COCC(C)Nc1n[nH]c2nccc(Oc3ccc(NC(=O)c4cn(C(C)C)c(=O)n(-c5ccc(F)cc5)c4=O)cc3F)c12. The number of aromatic nitrogens is 5. The van der Waals surface area contributed by atoms with Crippen molar-refractivity contribution in [1.82, 2.24) is 24.3 Å². The van der Waals surface area contributed by atoms with Crippen molar-refractivity contribution in [2.75, 3.05) is 24.4 Å². The Morgan fingerprint density at radius 2 is 1.80 bits per heavy atom. The predicted molar refractivity (Wildman–Crippen MR) is 160 cm³/mol. The lowest BCUT2D eigenvalue weighted by Crippen LogP contribution is -2.42. The Bertz CT molecular complexity index is 1950. The lowest BCUT2D eigenvalue weighted by atomic mass is 10.2. The number of carbonyl (C=O) groups excluding carboxylic acids is 1. The summed E-state index contributed by atoms with van der Waals surface area (Å²) in [7, 11) is 1.58. The van der Waals surface area contributed by atoms with Crippen molar-refractivity contribution in [2.45, 2.75) is 32.9 Å². The zero-order chi connectivity index (χ0) is 31.5. The number of halogens is 2. The Balaban J connectivity index is 1.42. The molecule has 0 spiro atoms. The Morgan fingerprint density at radius 1 is 1.05 bits per heavy atom. The van der Waals surface area contributed by atoms with Crippen molar-refractivity contribution in [3.63, 3.8) is 0 Å². The van der Waals surface area contributed by atoms with Crippen LogP contribution >= 0.6 is 0 Å². The first-order valence-corrected chi connectivity index (χ1v) is 13.6. The minimum Gasteiger partial charge on any atom is -0.453 e. The minimum absolute atomic E-state index is 0.0359. The summed E-state index contributed by atoms with van der Waals surface area (Å²) >= 11 is 0. The van der Waals surface area contributed by atoms with E-state index in [1.165, 1.54) is 35.0 Å². The van der Waals surface area contributed by atoms with Crippen molar-refractivity contribution in [3.05, 3.63) is 99.0 Å². The maximum absolute atomic E-state index is 15.3. The van der Waals surface area contributed by atoms with Gasteiger partial charge in [0, 0.05) is 49.4 Å². The molecule has 1 unspecified atom stereocenters. The van der Waals surface area contributed by atoms with E-state index in [2.05, 4.69) is 25.8 Å². The van der Waals surface area contributed by atoms with E-state index in [1.54, 1.807) is 27.0 Å². The lowest BCUT2D eigenvalue weighted by molar-refractivity contribution is 0.102. The first kappa shape index (κ1) is 30.1. The number of methoxy groups -OCH3 is 1. The normalized spacial score (nSPS) is 12.0. The molecule has 12 nitrogen and oxygen atoms in total. The number of ether oxygens (including phenoxy) is 2. The quantitative estimate of drug-likeness (QED) is 0.209. The summed E-state index contributed by atoms with van der Waals surface area (Å²) in [6.45, 7) is 5.74. The summed E-state index contributed by atoms with van der Waals surface area (Å²) in [5, 5.41) is 13.2. The van der Waals surface area contributed by atoms with Crippen molar-refractivity contribution >= 4 is 28.4 Å². The number of aromatic amines is 1. The number of hydrogen-bond acceptors (Lipinski definition) is 8. The van der Waals surface area contributed by atoms with Crippen LogP contribution in [-0.4, -0.2) is 50.0 Å². The molecule has 1 atom stereocenters. The molecular weight excluding hydrogens is 576 g/mol. The largest absolute Gasteiger partial charge is 0.453 e. The molecule has 3 heterocycles. The topological polar surface area (TPSA) is 145 Å². The molecule has 2 aromatic carbocycles. The number of hydrogen-bond donors (Lipinski definition) is 3. The maximum Gasteiger partial charge on any atom is 0.335 e. The smallest absolute Gasteiger partial charge is 0.335 e. The third-order valence-corrected chi connectivity index (χ3v) is 6.63. The van der Waals surface area contributed by atoms with Crippen LogP contribution in [-0.2, 0) is 4.74 Å². The fourth-order valence-electron chi connectivity index (χ4n) is 4.53. The van der Waals surface area contributed by atoms with Crippen LogP contribution in [0, 0.1) is 11.6 Å². The van der Waals surface area contributed by atoms with E-state index in [4.69, 9.17) is 9.47 Å². The first-order chi connectivity index (χ1) is 21.1. The Hall–Kier alpha value is -5.37. The summed E-state index contributed by atoms with van der Waals surface area (Å²) in [6, 6.07) is 9.56. The van der Waals surface area contributed by atoms with Gasteiger partial charge < -0.3 is 20.1 Å². The zero-order valence-electron chi connectivity index (χ0n) is 24.2. The number of nitrogens with zero attached hydrogens (tertiary/aromatic N) is 4. The van der Waals surface area contributed by atoms with Gasteiger partial charge in [0.15, 0.2) is 23.0 Å². The predicted octanol–water partition coefficient (Wildman–Crippen LogP) is 4.62. The van der Waals surface area contributed by atoms with E-state index in [0.717, 1.165) is 29.0 Å². The standard InChI is InChI=1S/C30H29F2N7O5/c1-16(2)38-14-21(29(41)39(30(38)42)20-8-5-18(31)6-9-20)28(40)35-19-7-10-23(22(32)13-19)44-24-11-12-33-26-25(24)27(37-36-26)34-17(3)15-43-4/h5-14,16-17H,15H2,1-4H3,(H,35,40)(H2,33,34,36,37). The van der Waals surface area contributed by atoms with Crippen molar-refractivity contribution in [2.24, 2.45) is 0 Å². The summed E-state index contributed by atoms with van der Waals surface area (Å²) in [4.78, 5) is 43.9. The summed E-state index contributed by atoms with van der Waals surface area (Å²) < 4.78 is 41.8. The molecule has 5 rings (SSSR count). The second-order valence-corrected chi connectivity index (χ2v) is 10.3. The van der Waals surface area contributed by atoms with Gasteiger partial charge >= 0.3 is 5.69 Å². The fourth-order valence-corrected chi connectivity index (χ4v) is 4.53. The lowest BCUT2D eigenvalue weighted by Gasteiger charge is -2.16. The number of rotatable bonds is 10. The highest BCUT2D eigenvalue weighted by Gasteiger charge is 2.21. The highest BCUT2D eigenvalue weighted by molar-refractivity contribution is 6.04. The number of anilines is 2. The molecule has 0 radical (unpaired) electrons. The summed E-state index contributed by atoms with van der Waals surface area (Å²) in [6.07, 6.45) is 2.64. The molecule has 0 aliphatic rings. The van der Waals surface area contributed by atoms with Gasteiger partial charge in [0.05, 0.1) is 12.3 Å². The zero-order valence-corrected chi connectivity index (χ0v) is 24.2. The fraction of sp³-hybridized carbons (Fsp3) is 0.233. The first-order valence-electron chi connectivity index (χ1n) is 13.6. The van der Waals surface area contributed by atoms with Crippen LogP contribution in [0.2, 0.25) is 0 Å². The van der Waals surface area contributed by atoms with Gasteiger partial charge in [-0.05, 0) is 57.2 Å². The Labute approximate surface area is 249 Å². The van der Waals surface area contributed by atoms with Gasteiger partial charge in [0.1, 0.15) is 22.5 Å². The van der Waals surface area contributed by atoms with E-state index in [1.807, 2.05) is 6.92 Å². The summed E-state index contributed by atoms with van der Waals surface area (Å²) in [5.74, 6) is -1.63. The second-order valence-electron chi connectivity index (χ2n) is 10.3. The highest BCUT2D eigenvalue weighted by atomic mass is 19.1. The number of amides is 1. The molecule has 3 aromatic heterocycles. The van der Waals surface area contributed by atoms with Gasteiger partial charge in [0.2, 0.25) is 0 Å². The van der Waals surface area contributed by atoms with Gasteiger partial charge in [-0.3, -0.25) is 19.3 Å². The van der Waals surface area contributed by atoms with E-state index in [0.29, 0.717) is 23.5 Å². The van der Waals surface area contributed by atoms with Crippen molar-refractivity contribution in [3.8, 4) is 17.2 Å². The van der Waals surface area contributed by atoms with Gasteiger partial charge in [-0.15, -0.1) is 0 Å². The molecule has 44 heavy (non-hydrogen) atoms. The molecule has 14 heteroatoms.